The highest BCUT2D eigenvalue weighted by Gasteiger charge is 2.47. The maximum Gasteiger partial charge on any atom is 0.254 e. The van der Waals surface area contributed by atoms with Crippen LogP contribution in [0.3, 0.4) is 0 Å². The maximum absolute atomic E-state index is 13.7. The van der Waals surface area contributed by atoms with Crippen LogP contribution in [-0.4, -0.2) is 73.4 Å². The summed E-state index contributed by atoms with van der Waals surface area (Å²) in [6, 6.07) is 17.3. The lowest BCUT2D eigenvalue weighted by Gasteiger charge is -2.27. The number of nitrogens with two attached hydrogens (primary N) is 1. The van der Waals surface area contributed by atoms with Crippen LogP contribution in [0, 0.1) is 11.8 Å². The fourth-order valence-electron chi connectivity index (χ4n) is 7.45. The average molecular weight is 620 g/mol. The van der Waals surface area contributed by atoms with Gasteiger partial charge in [-0.3, -0.25) is 9.59 Å². The molecule has 4 N–H and O–H groups in total. The van der Waals surface area contributed by atoms with E-state index in [9.17, 15) is 9.59 Å². The molecule has 2 unspecified atom stereocenters. The van der Waals surface area contributed by atoms with Crippen molar-refractivity contribution in [2.75, 3.05) is 20.4 Å². The topological polar surface area (TPSA) is 141 Å². The quantitative estimate of drug-likeness (QED) is 0.224. The van der Waals surface area contributed by atoms with Crippen LogP contribution in [0.2, 0.25) is 0 Å². The van der Waals surface area contributed by atoms with Gasteiger partial charge in [-0.25, -0.2) is 9.97 Å². The second kappa shape index (κ2) is 11.0. The number of hydrogen-bond donors (Lipinski definition) is 3. The Hall–Kier alpha value is -4.74. The summed E-state index contributed by atoms with van der Waals surface area (Å²) in [7, 11) is 3.62. The molecule has 1 aliphatic heterocycles. The number of nitrogens with one attached hydrogen (secondary N) is 1. The van der Waals surface area contributed by atoms with E-state index in [0.717, 1.165) is 58.7 Å². The maximum atomic E-state index is 13.7. The van der Waals surface area contributed by atoms with E-state index >= 15 is 0 Å². The van der Waals surface area contributed by atoms with Crippen LogP contribution >= 0.6 is 0 Å². The van der Waals surface area contributed by atoms with E-state index in [1.54, 1.807) is 19.2 Å². The van der Waals surface area contributed by atoms with Gasteiger partial charge in [-0.1, -0.05) is 12.1 Å². The highest BCUT2D eigenvalue weighted by Crippen LogP contribution is 2.40. The molecule has 2 bridgehead atoms. The molecule has 0 spiro atoms. The van der Waals surface area contributed by atoms with Crippen molar-refractivity contribution < 1.29 is 19.4 Å². The molecule has 1 saturated heterocycles. The monoisotopic (exact) mass is 619 g/mol. The number of amides is 2. The number of pyridine rings is 1. The Kier molecular flexibility index (Phi) is 6.84. The average Bonchev–Trinajstić information content (AvgIpc) is 3.48. The number of piperidine rings is 1. The van der Waals surface area contributed by atoms with E-state index in [0.29, 0.717) is 40.8 Å². The Labute approximate surface area is 266 Å². The number of fused-ring (bicyclic) bond motifs is 4. The first-order chi connectivity index (χ1) is 22.3. The molecule has 3 atom stereocenters. The molecule has 3 aromatic heterocycles. The zero-order valence-electron chi connectivity index (χ0n) is 25.9. The van der Waals surface area contributed by atoms with Gasteiger partial charge in [0, 0.05) is 54.3 Å². The first-order valence-corrected chi connectivity index (χ1v) is 16.0. The summed E-state index contributed by atoms with van der Waals surface area (Å²) < 4.78 is 10.2. The molecular formula is C35H37N7O4. The summed E-state index contributed by atoms with van der Waals surface area (Å²) in [5, 5.41) is 12.4. The fourth-order valence-corrected chi connectivity index (χ4v) is 7.45. The van der Waals surface area contributed by atoms with Crippen molar-refractivity contribution in [1.29, 1.82) is 0 Å². The third kappa shape index (κ3) is 4.64. The second-order valence-electron chi connectivity index (χ2n) is 12.9. The number of aryl methyl sites for hydroxylation is 1. The molecule has 0 radical (unpaired) electrons. The minimum Gasteiger partial charge on any atom is -0.494 e. The highest BCUT2D eigenvalue weighted by molar-refractivity contribution is 6.00. The summed E-state index contributed by atoms with van der Waals surface area (Å²) in [6.45, 7) is 1.13. The molecule has 2 saturated carbocycles. The number of rotatable bonds is 8. The van der Waals surface area contributed by atoms with Gasteiger partial charge in [0.1, 0.15) is 23.6 Å². The fraction of sp³-hybridized carbons (Fsp3) is 0.371. The molecular weight excluding hydrogens is 582 g/mol. The van der Waals surface area contributed by atoms with E-state index in [1.165, 1.54) is 12.8 Å². The summed E-state index contributed by atoms with van der Waals surface area (Å²) in [6.07, 6.45) is 4.41. The van der Waals surface area contributed by atoms with Gasteiger partial charge in [0.25, 0.3) is 11.8 Å². The summed E-state index contributed by atoms with van der Waals surface area (Å²) >= 11 is 0. The third-order valence-electron chi connectivity index (χ3n) is 10.1. The molecule has 11 nitrogen and oxygen atoms in total. The molecule has 2 amide bonds. The van der Waals surface area contributed by atoms with E-state index < -0.39 is 6.73 Å². The number of carbonyl (C=O) groups excluding carboxylic acids is 2. The molecule has 4 heterocycles. The molecule has 2 aliphatic carbocycles. The van der Waals surface area contributed by atoms with Crippen LogP contribution in [0.25, 0.3) is 44.8 Å². The summed E-state index contributed by atoms with van der Waals surface area (Å²) in [5.74, 6) is 2.00. The van der Waals surface area contributed by atoms with Crippen molar-refractivity contribution in [3.8, 4) is 28.5 Å². The molecule has 3 aliphatic rings. The normalized spacial score (nSPS) is 20.6. The molecule has 3 fully saturated rings. The van der Waals surface area contributed by atoms with Crippen LogP contribution < -0.4 is 15.8 Å². The summed E-state index contributed by atoms with van der Waals surface area (Å²) in [4.78, 5) is 38.0. The highest BCUT2D eigenvalue weighted by atomic mass is 16.5. The van der Waals surface area contributed by atoms with Gasteiger partial charge in [0.15, 0.2) is 5.82 Å². The number of carbonyl (C=O) groups is 2. The van der Waals surface area contributed by atoms with Gasteiger partial charge < -0.3 is 34.9 Å². The standard InChI is InChI=1S/C35H37N7O4/c1-40-31-26(13-24(15-29(31)46-2)35(45)42-17-23-10-12-27(42)30(23)36)39-33(40)28-14-22-9-11-25(38-32(22)41(28)16-19-3-4-19)20-5-7-21(8-6-20)34(44)37-18-43/h5-9,11,13-15,19,23,27,30,43H,3-4,10,12,16-18,36H2,1-2H3,(H,37,44)/t23?,27?,30-/m1/s1. The Morgan fingerprint density at radius 3 is 2.50 bits per heavy atom. The number of ether oxygens (including phenoxy) is 1. The van der Waals surface area contributed by atoms with Crippen LogP contribution in [0.4, 0.5) is 0 Å². The van der Waals surface area contributed by atoms with Gasteiger partial charge in [0.05, 0.1) is 24.0 Å². The predicted molar refractivity (Wildman–Crippen MR) is 174 cm³/mol. The predicted octanol–water partition coefficient (Wildman–Crippen LogP) is 3.92. The molecule has 236 valence electrons. The summed E-state index contributed by atoms with van der Waals surface area (Å²) in [5.41, 5.74) is 12.5. The smallest absolute Gasteiger partial charge is 0.254 e. The van der Waals surface area contributed by atoms with Gasteiger partial charge in [-0.05, 0) is 80.0 Å². The lowest BCUT2D eigenvalue weighted by Crippen LogP contribution is -2.41. The minimum absolute atomic E-state index is 0.0170. The van der Waals surface area contributed by atoms with Crippen LogP contribution in [0.1, 0.15) is 46.4 Å². The second-order valence-corrected chi connectivity index (χ2v) is 12.9. The Morgan fingerprint density at radius 1 is 1.02 bits per heavy atom. The van der Waals surface area contributed by atoms with Crippen molar-refractivity contribution in [2.24, 2.45) is 24.6 Å². The van der Waals surface area contributed by atoms with Crippen LogP contribution in [-0.2, 0) is 13.6 Å². The zero-order valence-corrected chi connectivity index (χ0v) is 25.9. The van der Waals surface area contributed by atoms with Crippen molar-refractivity contribution in [3.63, 3.8) is 0 Å². The van der Waals surface area contributed by atoms with Crippen LogP contribution in [0.5, 0.6) is 5.75 Å². The number of imidazole rings is 1. The number of benzene rings is 2. The van der Waals surface area contributed by atoms with E-state index in [4.69, 9.17) is 25.5 Å². The number of methoxy groups -OCH3 is 1. The molecule has 8 rings (SSSR count). The first-order valence-electron chi connectivity index (χ1n) is 16.0. The molecule has 46 heavy (non-hydrogen) atoms. The number of hydrogen-bond acceptors (Lipinski definition) is 7. The van der Waals surface area contributed by atoms with Gasteiger partial charge >= 0.3 is 0 Å². The zero-order chi connectivity index (χ0) is 31.7. The SMILES string of the molecule is COc1cc(C(=O)N2CC3CCC2[C@@H]3N)cc2nc(-c3cc4ccc(-c5ccc(C(=O)NCO)cc5)nc4n3CC3CC3)n(C)c12. The number of aliphatic hydroxyl groups is 1. The van der Waals surface area contributed by atoms with Crippen LogP contribution in [0.15, 0.2) is 54.6 Å². The number of aromatic nitrogens is 4. The Morgan fingerprint density at radius 2 is 1.83 bits per heavy atom. The van der Waals surface area contributed by atoms with Gasteiger partial charge in [-0.15, -0.1) is 0 Å². The third-order valence-corrected chi connectivity index (χ3v) is 10.1. The molecule has 5 aromatic rings. The molecule has 11 heteroatoms. The van der Waals surface area contributed by atoms with Crippen molar-refractivity contribution in [3.05, 3.63) is 65.7 Å². The van der Waals surface area contributed by atoms with Crippen molar-refractivity contribution >= 4 is 33.9 Å². The van der Waals surface area contributed by atoms with Crippen molar-refractivity contribution in [1.82, 2.24) is 29.3 Å². The van der Waals surface area contributed by atoms with Gasteiger partial charge in [-0.2, -0.15) is 0 Å². The Bertz CT molecular complexity index is 2010. The minimum atomic E-state index is -0.411. The lowest BCUT2D eigenvalue weighted by molar-refractivity contribution is 0.0700. The van der Waals surface area contributed by atoms with Crippen molar-refractivity contribution in [2.45, 2.75) is 44.3 Å². The van der Waals surface area contributed by atoms with E-state index in [1.807, 2.05) is 46.8 Å². The number of aliphatic hydroxyl groups excluding tert-OH is 1. The molecule has 2 aromatic carbocycles. The number of nitrogens with zero attached hydrogens (tertiary/aromatic N) is 5. The largest absolute Gasteiger partial charge is 0.494 e. The lowest BCUT2D eigenvalue weighted by atomic mass is 10.1. The van der Waals surface area contributed by atoms with Gasteiger partial charge in [0.2, 0.25) is 0 Å². The first kappa shape index (κ1) is 28.7. The number of likely N-dealkylation sites (tertiary alicyclic amines) is 1. The van der Waals surface area contributed by atoms with E-state index in [2.05, 4.69) is 22.0 Å². The van der Waals surface area contributed by atoms with E-state index in [-0.39, 0.29) is 23.9 Å². The Balaban J connectivity index is 1.19.